The van der Waals surface area contributed by atoms with E-state index in [1.54, 1.807) is 6.20 Å². The number of aromatic nitrogens is 3. The standard InChI is InChI=1S/C23H23F2N5O2/c1-23(5-3-4-6-23)18(9-19(31)32-2)29-22-17(25)7-13(10-26)20(30-22)16-12-28-21-15(16)8-14(24)11-27-21/h7-8,11-12,18H,3-6,9H2,1-2H3,(H,27,28)(H,29,30)/t18-/m1/s1. The first-order valence-corrected chi connectivity index (χ1v) is 10.4. The van der Waals surface area contributed by atoms with E-state index in [4.69, 9.17) is 4.74 Å². The number of methoxy groups -OCH3 is 1. The van der Waals surface area contributed by atoms with Crippen LogP contribution in [0.5, 0.6) is 0 Å². The number of pyridine rings is 2. The highest BCUT2D eigenvalue weighted by Crippen LogP contribution is 2.43. The number of ether oxygens (including phenoxy) is 1. The molecule has 2 N–H and O–H groups in total. The molecule has 3 aromatic heterocycles. The fraction of sp³-hybridized carbons (Fsp3) is 0.391. The maximum absolute atomic E-state index is 15.0. The van der Waals surface area contributed by atoms with Crippen molar-refractivity contribution in [1.29, 1.82) is 5.26 Å². The summed E-state index contributed by atoms with van der Waals surface area (Å²) in [7, 11) is 1.32. The number of nitrogens with zero attached hydrogens (tertiary/aromatic N) is 3. The molecule has 0 radical (unpaired) electrons. The molecular weight excluding hydrogens is 416 g/mol. The molecule has 1 aliphatic rings. The summed E-state index contributed by atoms with van der Waals surface area (Å²) in [5.41, 5.74) is 0.832. The molecule has 3 aromatic rings. The van der Waals surface area contributed by atoms with E-state index in [1.807, 2.05) is 6.07 Å². The van der Waals surface area contributed by atoms with Crippen LogP contribution in [-0.4, -0.2) is 34.1 Å². The monoisotopic (exact) mass is 439 g/mol. The van der Waals surface area contributed by atoms with Gasteiger partial charge in [-0.1, -0.05) is 19.8 Å². The minimum atomic E-state index is -0.703. The van der Waals surface area contributed by atoms with Crippen LogP contribution in [-0.2, 0) is 9.53 Å². The first-order chi connectivity index (χ1) is 15.3. The van der Waals surface area contributed by atoms with Crippen LogP contribution in [0, 0.1) is 28.4 Å². The molecule has 0 bridgehead atoms. The normalized spacial score (nSPS) is 16.0. The van der Waals surface area contributed by atoms with E-state index in [2.05, 4.69) is 27.2 Å². The van der Waals surface area contributed by atoms with Crippen molar-refractivity contribution in [2.24, 2.45) is 5.41 Å². The van der Waals surface area contributed by atoms with E-state index in [1.165, 1.54) is 13.2 Å². The molecule has 0 saturated heterocycles. The topological polar surface area (TPSA) is 104 Å². The SMILES string of the molecule is COC(=O)C[C@@H](Nc1nc(-c2c[nH]c3ncc(F)cc23)c(C#N)cc1F)C1(C)CCCC1. The summed E-state index contributed by atoms with van der Waals surface area (Å²) in [5.74, 6) is -1.71. The van der Waals surface area contributed by atoms with Gasteiger partial charge in [0.05, 0.1) is 31.0 Å². The van der Waals surface area contributed by atoms with E-state index < -0.39 is 23.6 Å². The van der Waals surface area contributed by atoms with Crippen molar-refractivity contribution in [1.82, 2.24) is 15.0 Å². The van der Waals surface area contributed by atoms with Gasteiger partial charge >= 0.3 is 5.97 Å². The number of rotatable bonds is 6. The van der Waals surface area contributed by atoms with E-state index in [0.29, 0.717) is 16.6 Å². The van der Waals surface area contributed by atoms with Gasteiger partial charge in [0, 0.05) is 23.2 Å². The lowest BCUT2D eigenvalue weighted by Crippen LogP contribution is -2.39. The quantitative estimate of drug-likeness (QED) is 0.540. The molecule has 166 valence electrons. The summed E-state index contributed by atoms with van der Waals surface area (Å²) in [4.78, 5) is 23.4. The number of nitriles is 1. The predicted molar refractivity (Wildman–Crippen MR) is 115 cm³/mol. The highest BCUT2D eigenvalue weighted by molar-refractivity contribution is 5.94. The number of esters is 1. The number of fused-ring (bicyclic) bond motifs is 1. The van der Waals surface area contributed by atoms with Crippen LogP contribution in [0.1, 0.15) is 44.6 Å². The molecule has 0 amide bonds. The number of carbonyl (C=O) groups excluding carboxylic acids is 1. The van der Waals surface area contributed by atoms with E-state index in [0.717, 1.165) is 37.9 Å². The van der Waals surface area contributed by atoms with Gasteiger partial charge in [-0.15, -0.1) is 0 Å². The van der Waals surface area contributed by atoms with Gasteiger partial charge in [-0.2, -0.15) is 5.26 Å². The van der Waals surface area contributed by atoms with Gasteiger partial charge in [-0.25, -0.2) is 18.7 Å². The molecule has 1 aliphatic carbocycles. The number of carbonyl (C=O) groups is 1. The predicted octanol–water partition coefficient (Wildman–Crippen LogP) is 4.70. The lowest BCUT2D eigenvalue weighted by atomic mass is 9.79. The zero-order chi connectivity index (χ0) is 22.9. The van der Waals surface area contributed by atoms with E-state index in [9.17, 15) is 18.8 Å². The minimum absolute atomic E-state index is 0.00908. The van der Waals surface area contributed by atoms with Crippen molar-refractivity contribution in [3.8, 4) is 17.3 Å². The summed E-state index contributed by atoms with van der Waals surface area (Å²) in [6, 6.07) is 3.94. The molecule has 9 heteroatoms. The van der Waals surface area contributed by atoms with Crippen LogP contribution >= 0.6 is 0 Å². The Morgan fingerprint density at radius 2 is 2.12 bits per heavy atom. The van der Waals surface area contributed by atoms with Crippen LogP contribution in [0.2, 0.25) is 0 Å². The maximum atomic E-state index is 15.0. The summed E-state index contributed by atoms with van der Waals surface area (Å²) in [6.45, 7) is 2.07. The lowest BCUT2D eigenvalue weighted by Gasteiger charge is -2.34. The van der Waals surface area contributed by atoms with Gasteiger partial charge < -0.3 is 15.0 Å². The van der Waals surface area contributed by atoms with Gasteiger partial charge in [0.25, 0.3) is 0 Å². The first kappa shape index (κ1) is 21.7. The highest BCUT2D eigenvalue weighted by Gasteiger charge is 2.39. The second-order valence-corrected chi connectivity index (χ2v) is 8.42. The maximum Gasteiger partial charge on any atom is 0.307 e. The van der Waals surface area contributed by atoms with Crippen LogP contribution in [0.3, 0.4) is 0 Å². The third kappa shape index (κ3) is 4.00. The summed E-state index contributed by atoms with van der Waals surface area (Å²) < 4.78 is 33.6. The molecule has 1 fully saturated rings. The molecule has 3 heterocycles. The van der Waals surface area contributed by atoms with E-state index >= 15 is 0 Å². The largest absolute Gasteiger partial charge is 0.469 e. The van der Waals surface area contributed by atoms with Crippen molar-refractivity contribution >= 4 is 22.8 Å². The smallest absolute Gasteiger partial charge is 0.307 e. The van der Waals surface area contributed by atoms with E-state index in [-0.39, 0.29) is 28.9 Å². The Kier molecular flexibility index (Phi) is 5.78. The fourth-order valence-corrected chi connectivity index (χ4v) is 4.47. The molecule has 32 heavy (non-hydrogen) atoms. The summed E-state index contributed by atoms with van der Waals surface area (Å²) in [6.07, 6.45) is 6.53. The molecule has 1 atom stereocenters. The Labute approximate surface area is 183 Å². The number of halogens is 2. The van der Waals surface area contributed by atoms with Gasteiger partial charge in [-0.3, -0.25) is 4.79 Å². The molecule has 7 nitrogen and oxygen atoms in total. The Morgan fingerprint density at radius 3 is 2.81 bits per heavy atom. The second kappa shape index (κ2) is 8.54. The van der Waals surface area contributed by atoms with Crippen LogP contribution in [0.4, 0.5) is 14.6 Å². The molecule has 0 aromatic carbocycles. The Bertz CT molecular complexity index is 1210. The van der Waals surface area contributed by atoms with Crippen LogP contribution < -0.4 is 5.32 Å². The molecule has 0 unspecified atom stereocenters. The number of hydrogen-bond donors (Lipinski definition) is 2. The van der Waals surface area contributed by atoms with Gasteiger partial charge in [0.1, 0.15) is 17.5 Å². The zero-order valence-corrected chi connectivity index (χ0v) is 17.8. The Balaban J connectivity index is 1.78. The third-order valence-electron chi connectivity index (χ3n) is 6.35. The average Bonchev–Trinajstić information content (AvgIpc) is 3.40. The number of nitrogens with one attached hydrogen (secondary N) is 2. The summed E-state index contributed by atoms with van der Waals surface area (Å²) in [5, 5.41) is 13.1. The number of hydrogen-bond acceptors (Lipinski definition) is 6. The lowest BCUT2D eigenvalue weighted by molar-refractivity contribution is -0.141. The highest BCUT2D eigenvalue weighted by atomic mass is 19.1. The molecule has 0 spiro atoms. The van der Waals surface area contributed by atoms with Gasteiger partial charge in [0.2, 0.25) is 0 Å². The number of H-pyrrole nitrogens is 1. The third-order valence-corrected chi connectivity index (χ3v) is 6.35. The number of aromatic amines is 1. The Morgan fingerprint density at radius 1 is 1.38 bits per heavy atom. The van der Waals surface area contributed by atoms with Gasteiger partial charge in [-0.05, 0) is 30.4 Å². The second-order valence-electron chi connectivity index (χ2n) is 8.42. The summed E-state index contributed by atoms with van der Waals surface area (Å²) >= 11 is 0. The molecule has 1 saturated carbocycles. The van der Waals surface area contributed by atoms with Crippen molar-refractivity contribution < 1.29 is 18.3 Å². The Hall–Kier alpha value is -3.54. The first-order valence-electron chi connectivity index (χ1n) is 10.4. The zero-order valence-electron chi connectivity index (χ0n) is 17.8. The fourth-order valence-electron chi connectivity index (χ4n) is 4.47. The molecular formula is C23H23F2N5O2. The number of anilines is 1. The average molecular weight is 439 g/mol. The molecule has 0 aliphatic heterocycles. The van der Waals surface area contributed by atoms with Crippen molar-refractivity contribution in [2.75, 3.05) is 12.4 Å². The minimum Gasteiger partial charge on any atom is -0.469 e. The van der Waals surface area contributed by atoms with Crippen molar-refractivity contribution in [2.45, 2.75) is 45.1 Å². The van der Waals surface area contributed by atoms with Crippen LogP contribution in [0.15, 0.2) is 24.5 Å². The van der Waals surface area contributed by atoms with Gasteiger partial charge in [0.15, 0.2) is 11.6 Å². The molecule has 4 rings (SSSR count). The van der Waals surface area contributed by atoms with Crippen LogP contribution in [0.25, 0.3) is 22.3 Å². The van der Waals surface area contributed by atoms with Crippen molar-refractivity contribution in [3.05, 3.63) is 41.7 Å². The van der Waals surface area contributed by atoms with Crippen molar-refractivity contribution in [3.63, 3.8) is 0 Å².